The van der Waals surface area contributed by atoms with Crippen LogP contribution >= 0.6 is 11.8 Å². The van der Waals surface area contributed by atoms with Crippen molar-refractivity contribution in [1.29, 1.82) is 0 Å². The lowest BCUT2D eigenvalue weighted by molar-refractivity contribution is 0.138. The highest BCUT2D eigenvalue weighted by molar-refractivity contribution is 7.99. The van der Waals surface area contributed by atoms with E-state index >= 15 is 0 Å². The molecule has 0 saturated carbocycles. The minimum atomic E-state index is -0.450. The number of nitrogens with zero attached hydrogens (tertiary/aromatic N) is 3. The number of nitrogens with one attached hydrogen (secondary N) is 1. The van der Waals surface area contributed by atoms with Gasteiger partial charge < -0.3 is 9.30 Å². The highest BCUT2D eigenvalue weighted by Gasteiger charge is 2.17. The predicted molar refractivity (Wildman–Crippen MR) is 83.1 cm³/mol. The minimum Gasteiger partial charge on any atom is -0.380 e. The smallest absolute Gasteiger partial charge is 0.329 e. The third kappa shape index (κ3) is 3.21. The molecular weight excluding hydrogens is 292 g/mol. The highest BCUT2D eigenvalue weighted by Crippen LogP contribution is 2.21. The van der Waals surface area contributed by atoms with Crippen molar-refractivity contribution in [2.24, 2.45) is 7.05 Å². The van der Waals surface area contributed by atoms with Gasteiger partial charge in [0.2, 0.25) is 0 Å². The molecule has 2 aromatic heterocycles. The van der Waals surface area contributed by atoms with Crippen LogP contribution in [0.25, 0.3) is 11.2 Å². The molecule has 2 rings (SSSR count). The van der Waals surface area contributed by atoms with E-state index in [0.29, 0.717) is 30.9 Å². The Kier molecular flexibility index (Phi) is 5.24. The number of aromatic amines is 1. The number of aromatic nitrogens is 4. The molecule has 0 bridgehead atoms. The first-order valence-corrected chi connectivity index (χ1v) is 7.98. The Balaban J connectivity index is 2.56. The summed E-state index contributed by atoms with van der Waals surface area (Å²) in [6.07, 6.45) is 1.01. The number of ether oxygens (including phenoxy) is 1. The number of hydrogen-bond acceptors (Lipinski definition) is 5. The third-order valence-electron chi connectivity index (χ3n) is 3.07. The summed E-state index contributed by atoms with van der Waals surface area (Å²) in [4.78, 5) is 30.6. The van der Waals surface area contributed by atoms with E-state index in [1.54, 1.807) is 18.8 Å². The minimum absolute atomic E-state index is 0.402. The second kappa shape index (κ2) is 6.95. The molecule has 2 heterocycles. The van der Waals surface area contributed by atoms with Crippen molar-refractivity contribution in [3.8, 4) is 0 Å². The summed E-state index contributed by atoms with van der Waals surface area (Å²) in [5.41, 5.74) is -0.0105. The largest absolute Gasteiger partial charge is 0.380 e. The molecule has 8 heteroatoms. The lowest BCUT2D eigenvalue weighted by Crippen LogP contribution is -2.29. The highest BCUT2D eigenvalue weighted by atomic mass is 32.2. The SMILES string of the molecule is CCCSc1nc2c(c(=O)[nH]c(=O)n2C)n1CCOCC. The summed E-state index contributed by atoms with van der Waals surface area (Å²) in [6, 6.07) is 0. The van der Waals surface area contributed by atoms with Crippen molar-refractivity contribution >= 4 is 22.9 Å². The number of imidazole rings is 1. The number of thioether (sulfide) groups is 1. The van der Waals surface area contributed by atoms with Crippen LogP contribution < -0.4 is 11.2 Å². The second-order valence-corrected chi connectivity index (χ2v) is 5.64. The van der Waals surface area contributed by atoms with Gasteiger partial charge in [-0.2, -0.15) is 0 Å². The van der Waals surface area contributed by atoms with Gasteiger partial charge in [-0.3, -0.25) is 14.3 Å². The molecule has 0 fully saturated rings. The van der Waals surface area contributed by atoms with E-state index in [-0.39, 0.29) is 0 Å². The number of aryl methyl sites for hydroxylation is 1. The van der Waals surface area contributed by atoms with E-state index in [1.807, 2.05) is 11.5 Å². The summed E-state index contributed by atoms with van der Waals surface area (Å²) >= 11 is 1.58. The van der Waals surface area contributed by atoms with E-state index in [9.17, 15) is 9.59 Å². The Hall–Kier alpha value is -1.54. The Morgan fingerprint density at radius 2 is 2.10 bits per heavy atom. The lowest BCUT2D eigenvalue weighted by atomic mass is 10.5. The zero-order chi connectivity index (χ0) is 15.4. The average Bonchev–Trinajstić information content (AvgIpc) is 2.82. The Bertz CT molecular complexity index is 731. The molecule has 0 aromatic carbocycles. The van der Waals surface area contributed by atoms with Gasteiger partial charge in [-0.1, -0.05) is 18.7 Å². The van der Waals surface area contributed by atoms with Crippen LogP contribution in [0.15, 0.2) is 14.7 Å². The van der Waals surface area contributed by atoms with Crippen LogP contribution in [0.3, 0.4) is 0 Å². The molecule has 0 radical (unpaired) electrons. The maximum atomic E-state index is 12.1. The first-order valence-electron chi connectivity index (χ1n) is 7.00. The molecule has 116 valence electrons. The van der Waals surface area contributed by atoms with Gasteiger partial charge in [-0.05, 0) is 13.3 Å². The molecule has 1 N–H and O–H groups in total. The molecule has 2 aromatic rings. The average molecular weight is 312 g/mol. The molecule has 21 heavy (non-hydrogen) atoms. The molecule has 0 unspecified atom stereocenters. The van der Waals surface area contributed by atoms with Crippen molar-refractivity contribution in [2.75, 3.05) is 19.0 Å². The molecule has 0 saturated heterocycles. The molecular formula is C13H20N4O3S. The van der Waals surface area contributed by atoms with Crippen molar-refractivity contribution in [1.82, 2.24) is 19.1 Å². The fraction of sp³-hybridized carbons (Fsp3) is 0.615. The van der Waals surface area contributed by atoms with Crippen molar-refractivity contribution < 1.29 is 4.74 Å². The van der Waals surface area contributed by atoms with E-state index in [0.717, 1.165) is 17.3 Å². The lowest BCUT2D eigenvalue weighted by Gasteiger charge is -2.08. The van der Waals surface area contributed by atoms with Crippen LogP contribution in [-0.2, 0) is 18.3 Å². The molecule has 0 aliphatic rings. The quantitative estimate of drug-likeness (QED) is 0.608. The third-order valence-corrected chi connectivity index (χ3v) is 4.25. The van der Waals surface area contributed by atoms with Gasteiger partial charge in [0, 0.05) is 26.0 Å². The number of H-pyrrole nitrogens is 1. The fourth-order valence-electron chi connectivity index (χ4n) is 2.03. The van der Waals surface area contributed by atoms with Crippen LogP contribution in [0.4, 0.5) is 0 Å². The van der Waals surface area contributed by atoms with Crippen LogP contribution in [0, 0.1) is 0 Å². The molecule has 0 aliphatic heterocycles. The van der Waals surface area contributed by atoms with E-state index in [1.165, 1.54) is 4.57 Å². The predicted octanol–water partition coefficient (Wildman–Crippen LogP) is 0.962. The standard InChI is InChI=1S/C13H20N4O3S/c1-4-8-21-13-14-10-9(17(13)6-7-20-5-2)11(18)15-12(19)16(10)3/h4-8H2,1-3H3,(H,15,18,19). The first kappa shape index (κ1) is 15.8. The van der Waals surface area contributed by atoms with Crippen molar-refractivity contribution in [3.63, 3.8) is 0 Å². The second-order valence-electron chi connectivity index (χ2n) is 4.58. The van der Waals surface area contributed by atoms with Gasteiger partial charge >= 0.3 is 5.69 Å². The van der Waals surface area contributed by atoms with Gasteiger partial charge in [0.25, 0.3) is 5.56 Å². The Morgan fingerprint density at radius 3 is 2.76 bits per heavy atom. The zero-order valence-corrected chi connectivity index (χ0v) is 13.3. The monoisotopic (exact) mass is 312 g/mol. The topological polar surface area (TPSA) is 81.9 Å². The van der Waals surface area contributed by atoms with Crippen LogP contribution in [0.5, 0.6) is 0 Å². The van der Waals surface area contributed by atoms with Crippen LogP contribution in [0.1, 0.15) is 20.3 Å². The van der Waals surface area contributed by atoms with Gasteiger partial charge in [0.15, 0.2) is 16.3 Å². The maximum Gasteiger partial charge on any atom is 0.329 e. The van der Waals surface area contributed by atoms with Gasteiger partial charge in [0.05, 0.1) is 6.61 Å². The van der Waals surface area contributed by atoms with Gasteiger partial charge in [-0.15, -0.1) is 0 Å². The maximum absolute atomic E-state index is 12.1. The summed E-state index contributed by atoms with van der Waals surface area (Å²) in [7, 11) is 1.61. The first-order chi connectivity index (χ1) is 10.1. The van der Waals surface area contributed by atoms with Crippen LogP contribution in [-0.4, -0.2) is 38.1 Å². The van der Waals surface area contributed by atoms with Crippen LogP contribution in [0.2, 0.25) is 0 Å². The Morgan fingerprint density at radius 1 is 1.33 bits per heavy atom. The normalized spacial score (nSPS) is 11.4. The van der Waals surface area contributed by atoms with E-state index in [2.05, 4.69) is 16.9 Å². The molecule has 7 nitrogen and oxygen atoms in total. The molecule has 0 aliphatic carbocycles. The summed E-state index contributed by atoms with van der Waals surface area (Å²) in [5, 5.41) is 0.748. The van der Waals surface area contributed by atoms with Crippen molar-refractivity contribution in [2.45, 2.75) is 32.0 Å². The summed E-state index contributed by atoms with van der Waals surface area (Å²) in [5.74, 6) is 0.907. The number of rotatable bonds is 7. The zero-order valence-electron chi connectivity index (χ0n) is 12.5. The summed E-state index contributed by atoms with van der Waals surface area (Å²) in [6.45, 7) is 5.68. The van der Waals surface area contributed by atoms with E-state index < -0.39 is 11.2 Å². The summed E-state index contributed by atoms with van der Waals surface area (Å²) < 4.78 is 8.57. The molecule has 0 spiro atoms. The van der Waals surface area contributed by atoms with Gasteiger partial charge in [0.1, 0.15) is 0 Å². The fourth-order valence-corrected chi connectivity index (χ4v) is 2.90. The Labute approximate surface area is 126 Å². The molecule has 0 atom stereocenters. The number of hydrogen-bond donors (Lipinski definition) is 1. The van der Waals surface area contributed by atoms with Crippen molar-refractivity contribution in [3.05, 3.63) is 20.8 Å². The van der Waals surface area contributed by atoms with E-state index in [4.69, 9.17) is 4.74 Å². The van der Waals surface area contributed by atoms with Gasteiger partial charge in [-0.25, -0.2) is 9.78 Å². The number of fused-ring (bicyclic) bond motifs is 1. The molecule has 0 amide bonds.